The van der Waals surface area contributed by atoms with Crippen LogP contribution < -0.4 is 10.6 Å². The molecule has 0 aliphatic heterocycles. The average molecular weight is 158 g/mol. The standard InChI is InChI=1S/As.ClH2NO2/c;2-4-1-3/h;2H2. The van der Waals surface area contributed by atoms with E-state index in [1.54, 1.807) is 0 Å². The molecule has 0 saturated heterocycles. The van der Waals surface area contributed by atoms with Crippen molar-refractivity contribution in [2.24, 2.45) is 5.90 Å². The Hall–Kier alpha value is 0.728. The van der Waals surface area contributed by atoms with Crippen molar-refractivity contribution in [3.63, 3.8) is 0 Å². The van der Waals surface area contributed by atoms with E-state index in [0.717, 1.165) is 0 Å². The Morgan fingerprint density at radius 2 is 2.00 bits per heavy atom. The zero-order valence-electron chi connectivity index (χ0n) is 2.22. The van der Waals surface area contributed by atoms with E-state index in [0.29, 0.717) is 0 Å². The fraction of sp³-hybridized carbons (Fsp3) is 0. The molecule has 0 bridgehead atoms. The van der Waals surface area contributed by atoms with E-state index in [1.165, 1.54) is 0 Å². The topological polar surface area (TPSA) is 58.3 Å². The van der Waals surface area contributed by atoms with Crippen LogP contribution in [0.15, 0.2) is 0 Å². The van der Waals surface area contributed by atoms with E-state index in [9.17, 15) is 0 Å². The molecule has 0 amide bonds. The summed E-state index contributed by atoms with van der Waals surface area (Å²) in [5.41, 5.74) is 0. The van der Waals surface area contributed by atoms with E-state index in [1.807, 2.05) is 0 Å². The van der Waals surface area contributed by atoms with Crippen molar-refractivity contribution in [3.05, 3.63) is 0 Å². The van der Waals surface area contributed by atoms with Gasteiger partial charge in [-0.3, -0.25) is 0 Å². The average Bonchev–Trinajstić information content (AvgIpc) is 1.37. The predicted molar refractivity (Wildman–Crippen MR) is 11.0 cm³/mol. The van der Waals surface area contributed by atoms with Crippen LogP contribution in [0.3, 0.4) is 0 Å². The Morgan fingerprint density at radius 3 is 2.00 bits per heavy atom. The monoisotopic (exact) mass is 158 g/mol. The first-order chi connectivity index (χ1) is 1.91. The Balaban J connectivity index is 0. The smallest absolute Gasteiger partial charge is 0.351 e. The molecule has 0 saturated carbocycles. The maximum Gasteiger partial charge on any atom is 0.351 e. The second-order valence-corrected chi connectivity index (χ2v) is 0.456. The molecule has 0 unspecified atom stereocenters. The summed E-state index contributed by atoms with van der Waals surface area (Å²) >= 11 is 0.242. The summed E-state index contributed by atoms with van der Waals surface area (Å²) in [6.07, 6.45) is 0. The van der Waals surface area contributed by atoms with Gasteiger partial charge in [-0.1, -0.05) is 0 Å². The van der Waals surface area contributed by atoms with Crippen molar-refractivity contribution in [1.82, 2.24) is 0 Å². The van der Waals surface area contributed by atoms with Gasteiger partial charge >= 0.3 is 11.3 Å². The fourth-order valence-corrected chi connectivity index (χ4v) is 0. The zero-order valence-corrected chi connectivity index (χ0v) is 4.85. The minimum atomic E-state index is 0. The molecule has 3 nitrogen and oxygen atoms in total. The van der Waals surface area contributed by atoms with Gasteiger partial charge in [0.25, 0.3) is 0 Å². The van der Waals surface area contributed by atoms with Gasteiger partial charge in [-0.05, 0) is 4.39 Å². The van der Waals surface area contributed by atoms with Crippen LogP contribution >= 0.6 is 0 Å². The second-order valence-electron chi connectivity index (χ2n) is 0.152. The van der Waals surface area contributed by atoms with E-state index in [4.69, 9.17) is 4.66 Å². The Morgan fingerprint density at radius 1 is 1.80 bits per heavy atom. The largest absolute Gasteiger partial charge is 0.504 e. The van der Waals surface area contributed by atoms with Crippen LogP contribution in [0.25, 0.3) is 0 Å². The second kappa shape index (κ2) is 8.83. The first-order valence-corrected chi connectivity index (χ1v) is 1.16. The molecule has 0 aromatic carbocycles. The van der Waals surface area contributed by atoms with E-state index in [-0.39, 0.29) is 29.3 Å². The maximum absolute atomic E-state index is 8.81. The first-order valence-electron chi connectivity index (χ1n) is 0.544. The number of hydrogen-bond acceptors (Lipinski definition) is 3. The first kappa shape index (κ1) is 9.21. The summed E-state index contributed by atoms with van der Waals surface area (Å²) in [6.45, 7) is 0. The molecular formula is H2AsClNO2. The van der Waals surface area contributed by atoms with Gasteiger partial charge in [0.05, 0.1) is 0 Å². The minimum absolute atomic E-state index is 0. The van der Waals surface area contributed by atoms with Crippen LogP contribution in [0.2, 0.25) is 0 Å². The van der Waals surface area contributed by atoms with Crippen LogP contribution in [0.4, 0.5) is 0 Å². The van der Waals surface area contributed by atoms with Crippen molar-refractivity contribution < 1.29 is 20.4 Å². The molecule has 2 N–H and O–H groups in total. The van der Waals surface area contributed by atoms with Crippen LogP contribution in [-0.2, 0) is 4.39 Å². The Kier molecular flexibility index (Phi) is 16.3. The number of rotatable bonds is 1. The molecule has 0 aromatic heterocycles. The van der Waals surface area contributed by atoms with Crippen molar-refractivity contribution in [2.75, 3.05) is 0 Å². The van der Waals surface area contributed by atoms with Crippen molar-refractivity contribution >= 4 is 18.0 Å². The molecular weight excluding hydrogens is 156 g/mol. The van der Waals surface area contributed by atoms with Gasteiger partial charge in [0.1, 0.15) is 0 Å². The van der Waals surface area contributed by atoms with Gasteiger partial charge in [-0.25, -0.2) is 0 Å². The number of nitrogens with two attached hydrogens (primary N) is 1. The number of hydrogen-bond donors (Lipinski definition) is 1. The van der Waals surface area contributed by atoms with Gasteiger partial charge in [-0.2, -0.15) is 5.90 Å². The molecule has 0 spiro atoms. The van der Waals surface area contributed by atoms with Crippen molar-refractivity contribution in [3.8, 4) is 0 Å². The van der Waals surface area contributed by atoms with E-state index >= 15 is 0 Å². The normalized spacial score (nSPS) is 6.00. The molecule has 3 radical (unpaired) electrons. The predicted octanol–water partition coefficient (Wildman–Crippen LogP) is -2.23. The van der Waals surface area contributed by atoms with Crippen LogP contribution in [-0.4, -0.2) is 18.0 Å². The van der Waals surface area contributed by atoms with Gasteiger partial charge in [0, 0.05) is 18.0 Å². The molecule has 5 heavy (non-hydrogen) atoms. The van der Waals surface area contributed by atoms with Crippen LogP contribution in [0, 0.1) is 11.3 Å². The van der Waals surface area contributed by atoms with Crippen LogP contribution in [0.1, 0.15) is 0 Å². The SMILES string of the molecule is NO[Cl+][O-].[As]. The molecule has 0 aromatic rings. The summed E-state index contributed by atoms with van der Waals surface area (Å²) < 4.78 is 12.2. The fourth-order valence-electron chi connectivity index (χ4n) is 0. The minimum Gasteiger partial charge on any atom is -0.504 e. The summed E-state index contributed by atoms with van der Waals surface area (Å²) in [4.78, 5) is 0. The summed E-state index contributed by atoms with van der Waals surface area (Å²) in [6, 6.07) is 0. The molecule has 0 atom stereocenters. The molecule has 31 valence electrons. The Labute approximate surface area is 44.8 Å². The van der Waals surface area contributed by atoms with Crippen LogP contribution in [0.5, 0.6) is 0 Å². The molecule has 0 aliphatic carbocycles. The molecule has 5 heteroatoms. The summed E-state index contributed by atoms with van der Waals surface area (Å²) in [5.74, 6) is 4.15. The van der Waals surface area contributed by atoms with E-state index in [2.05, 4.69) is 10.3 Å². The van der Waals surface area contributed by atoms with Gasteiger partial charge < -0.3 is 4.66 Å². The zero-order chi connectivity index (χ0) is 3.41. The summed E-state index contributed by atoms with van der Waals surface area (Å²) in [7, 11) is 0. The number of halogens is 1. The maximum atomic E-state index is 8.81. The molecule has 0 aliphatic rings. The van der Waals surface area contributed by atoms with Crippen molar-refractivity contribution in [2.45, 2.75) is 0 Å². The molecule has 0 fully saturated rings. The Bertz CT molecular complexity index is 11.6. The summed E-state index contributed by atoms with van der Waals surface area (Å²) in [5, 5.41) is 0. The van der Waals surface area contributed by atoms with Gasteiger partial charge in [0.2, 0.25) is 0 Å². The third kappa shape index (κ3) is 11.8. The van der Waals surface area contributed by atoms with Gasteiger partial charge in [0.15, 0.2) is 0 Å². The quantitative estimate of drug-likeness (QED) is 0.347. The third-order valence-corrected chi connectivity index (χ3v) is 0.109. The van der Waals surface area contributed by atoms with Crippen molar-refractivity contribution in [1.29, 1.82) is 0 Å². The van der Waals surface area contributed by atoms with E-state index < -0.39 is 0 Å². The van der Waals surface area contributed by atoms with Gasteiger partial charge in [-0.15, -0.1) is 0 Å². The molecule has 0 heterocycles. The third-order valence-electron chi connectivity index (χ3n) is 0.0364. The molecule has 0 rings (SSSR count).